The second kappa shape index (κ2) is 5.66. The second-order valence-electron chi connectivity index (χ2n) is 3.36. The van der Waals surface area contributed by atoms with Crippen LogP contribution < -0.4 is 5.32 Å². The van der Waals surface area contributed by atoms with Crippen molar-refractivity contribution in [3.63, 3.8) is 0 Å². The van der Waals surface area contributed by atoms with Crippen molar-refractivity contribution in [1.29, 1.82) is 0 Å². The van der Waals surface area contributed by atoms with Gasteiger partial charge in [0.25, 0.3) is 6.43 Å². The number of ether oxygens (including phenoxy) is 1. The first kappa shape index (κ1) is 11.9. The Labute approximate surface area is 88.3 Å². The molecule has 1 N–H and O–H groups in total. The third-order valence-corrected chi connectivity index (χ3v) is 2.08. The molecule has 0 bridgehead atoms. The number of methoxy groups -OCH3 is 1. The van der Waals surface area contributed by atoms with Crippen LogP contribution in [0.3, 0.4) is 0 Å². The molecular weight excluding hydrogens is 200 g/mol. The minimum atomic E-state index is -2.37. The lowest BCUT2D eigenvalue weighted by Gasteiger charge is -2.16. The summed E-state index contributed by atoms with van der Waals surface area (Å²) in [6.45, 7) is 1.87. The Hall–Kier alpha value is -1.16. The van der Waals surface area contributed by atoms with Gasteiger partial charge in [0.1, 0.15) is 0 Å². The van der Waals surface area contributed by atoms with Gasteiger partial charge in [-0.1, -0.05) is 18.2 Å². The van der Waals surface area contributed by atoms with Gasteiger partial charge >= 0.3 is 0 Å². The van der Waals surface area contributed by atoms with Crippen LogP contribution in [0.2, 0.25) is 0 Å². The number of benzene rings is 1. The average Bonchev–Trinajstić information content (AvgIpc) is 2.21. The van der Waals surface area contributed by atoms with Crippen molar-refractivity contribution < 1.29 is 13.5 Å². The number of hydrogen-bond donors (Lipinski definition) is 1. The van der Waals surface area contributed by atoms with E-state index in [1.54, 1.807) is 19.2 Å². The van der Waals surface area contributed by atoms with E-state index < -0.39 is 12.5 Å². The molecular formula is C11H15F2NO. The van der Waals surface area contributed by atoms with E-state index in [0.717, 1.165) is 5.56 Å². The number of anilines is 1. The number of para-hydroxylation sites is 1. The van der Waals surface area contributed by atoms with Gasteiger partial charge in [0.05, 0.1) is 12.6 Å². The summed E-state index contributed by atoms with van der Waals surface area (Å²) in [6, 6.07) is 6.42. The quantitative estimate of drug-likeness (QED) is 0.815. The molecule has 0 amide bonds. The smallest absolute Gasteiger partial charge is 0.258 e. The van der Waals surface area contributed by atoms with E-state index in [1.165, 1.54) is 6.92 Å². The van der Waals surface area contributed by atoms with Gasteiger partial charge in [-0.05, 0) is 13.0 Å². The Balaban J connectivity index is 2.74. The summed E-state index contributed by atoms with van der Waals surface area (Å²) in [7, 11) is 1.58. The zero-order chi connectivity index (χ0) is 11.3. The third-order valence-electron chi connectivity index (χ3n) is 2.08. The maximum atomic E-state index is 12.3. The monoisotopic (exact) mass is 215 g/mol. The number of alkyl halides is 2. The summed E-state index contributed by atoms with van der Waals surface area (Å²) >= 11 is 0. The minimum Gasteiger partial charge on any atom is -0.380 e. The molecule has 0 aromatic heterocycles. The van der Waals surface area contributed by atoms with Gasteiger partial charge in [0.15, 0.2) is 0 Å². The van der Waals surface area contributed by atoms with Gasteiger partial charge in [0.2, 0.25) is 0 Å². The SMILES string of the molecule is COCc1ccccc1NC(C)C(F)F. The summed E-state index contributed by atoms with van der Waals surface area (Å²) in [5, 5.41) is 2.76. The Bertz CT molecular complexity index is 304. The predicted octanol–water partition coefficient (Wildman–Crippen LogP) is 2.90. The number of rotatable bonds is 5. The highest BCUT2D eigenvalue weighted by atomic mass is 19.3. The number of halogens is 2. The van der Waals surface area contributed by atoms with Gasteiger partial charge in [-0.25, -0.2) is 8.78 Å². The van der Waals surface area contributed by atoms with Crippen LogP contribution in [-0.2, 0) is 11.3 Å². The molecule has 1 atom stereocenters. The van der Waals surface area contributed by atoms with Crippen LogP contribution in [0, 0.1) is 0 Å². The van der Waals surface area contributed by atoms with Crippen LogP contribution in [0.15, 0.2) is 24.3 Å². The highest BCUT2D eigenvalue weighted by molar-refractivity contribution is 5.51. The second-order valence-corrected chi connectivity index (χ2v) is 3.36. The molecule has 0 spiro atoms. The van der Waals surface area contributed by atoms with E-state index in [0.29, 0.717) is 12.3 Å². The maximum absolute atomic E-state index is 12.3. The fourth-order valence-electron chi connectivity index (χ4n) is 1.25. The van der Waals surface area contributed by atoms with Gasteiger partial charge in [-0.2, -0.15) is 0 Å². The first-order valence-corrected chi connectivity index (χ1v) is 4.76. The van der Waals surface area contributed by atoms with E-state index in [-0.39, 0.29) is 0 Å². The first-order chi connectivity index (χ1) is 7.15. The lowest BCUT2D eigenvalue weighted by Crippen LogP contribution is -2.24. The zero-order valence-corrected chi connectivity index (χ0v) is 8.84. The van der Waals surface area contributed by atoms with Gasteiger partial charge in [-0.15, -0.1) is 0 Å². The Morgan fingerprint density at radius 2 is 2.00 bits per heavy atom. The fraction of sp³-hybridized carbons (Fsp3) is 0.455. The van der Waals surface area contributed by atoms with Crippen LogP contribution >= 0.6 is 0 Å². The summed E-state index contributed by atoms with van der Waals surface area (Å²) in [5.74, 6) is 0. The van der Waals surface area contributed by atoms with E-state index >= 15 is 0 Å². The third kappa shape index (κ3) is 3.47. The normalized spacial score (nSPS) is 12.9. The van der Waals surface area contributed by atoms with Crippen molar-refractivity contribution in [3.8, 4) is 0 Å². The predicted molar refractivity (Wildman–Crippen MR) is 56.2 cm³/mol. The van der Waals surface area contributed by atoms with Crippen molar-refractivity contribution >= 4 is 5.69 Å². The summed E-state index contributed by atoms with van der Waals surface area (Å²) < 4.78 is 29.7. The maximum Gasteiger partial charge on any atom is 0.258 e. The minimum absolute atomic E-state index is 0.416. The number of nitrogens with one attached hydrogen (secondary N) is 1. The van der Waals surface area contributed by atoms with Crippen LogP contribution in [0.5, 0.6) is 0 Å². The lowest BCUT2D eigenvalue weighted by atomic mass is 10.1. The summed E-state index contributed by atoms with van der Waals surface area (Å²) in [4.78, 5) is 0. The molecule has 4 heteroatoms. The largest absolute Gasteiger partial charge is 0.380 e. The molecule has 1 aromatic carbocycles. The van der Waals surface area contributed by atoms with E-state index in [1.807, 2.05) is 12.1 Å². The standard InChI is InChI=1S/C11H15F2NO/c1-8(11(12)13)14-10-6-4-3-5-9(10)7-15-2/h3-6,8,11,14H,7H2,1-2H3. The fourth-order valence-corrected chi connectivity index (χ4v) is 1.25. The van der Waals surface area contributed by atoms with Crippen molar-refractivity contribution in [3.05, 3.63) is 29.8 Å². The van der Waals surface area contributed by atoms with Crippen LogP contribution in [-0.4, -0.2) is 19.6 Å². The van der Waals surface area contributed by atoms with E-state index in [2.05, 4.69) is 5.32 Å². The molecule has 0 fully saturated rings. The molecule has 1 aromatic rings. The van der Waals surface area contributed by atoms with Gasteiger partial charge < -0.3 is 10.1 Å². The molecule has 0 aliphatic heterocycles. The Kier molecular flexibility index (Phi) is 4.49. The Morgan fingerprint density at radius 1 is 1.33 bits per heavy atom. The van der Waals surface area contributed by atoms with Crippen molar-refractivity contribution in [2.45, 2.75) is 26.0 Å². The molecule has 0 aliphatic carbocycles. The first-order valence-electron chi connectivity index (χ1n) is 4.76. The van der Waals surface area contributed by atoms with Gasteiger partial charge in [0, 0.05) is 18.4 Å². The molecule has 2 nitrogen and oxygen atoms in total. The summed E-state index contributed by atoms with van der Waals surface area (Å²) in [6.07, 6.45) is -2.37. The highest BCUT2D eigenvalue weighted by Gasteiger charge is 2.14. The van der Waals surface area contributed by atoms with Gasteiger partial charge in [-0.3, -0.25) is 0 Å². The molecule has 0 radical (unpaired) electrons. The molecule has 0 saturated heterocycles. The van der Waals surface area contributed by atoms with Crippen LogP contribution in [0.4, 0.5) is 14.5 Å². The van der Waals surface area contributed by atoms with E-state index in [4.69, 9.17) is 4.74 Å². The molecule has 0 heterocycles. The lowest BCUT2D eigenvalue weighted by molar-refractivity contribution is 0.130. The molecule has 15 heavy (non-hydrogen) atoms. The van der Waals surface area contributed by atoms with Crippen LogP contribution in [0.25, 0.3) is 0 Å². The summed E-state index contributed by atoms with van der Waals surface area (Å²) in [5.41, 5.74) is 1.58. The van der Waals surface area contributed by atoms with Crippen LogP contribution in [0.1, 0.15) is 12.5 Å². The highest BCUT2D eigenvalue weighted by Crippen LogP contribution is 2.18. The molecule has 1 unspecified atom stereocenters. The molecule has 84 valence electrons. The van der Waals surface area contributed by atoms with Crippen molar-refractivity contribution in [1.82, 2.24) is 0 Å². The van der Waals surface area contributed by atoms with Crippen molar-refractivity contribution in [2.24, 2.45) is 0 Å². The topological polar surface area (TPSA) is 21.3 Å². The molecule has 0 saturated carbocycles. The van der Waals surface area contributed by atoms with Crippen molar-refractivity contribution in [2.75, 3.05) is 12.4 Å². The number of hydrogen-bond acceptors (Lipinski definition) is 2. The zero-order valence-electron chi connectivity index (χ0n) is 8.84. The molecule has 1 rings (SSSR count). The van der Waals surface area contributed by atoms with E-state index in [9.17, 15) is 8.78 Å². The Morgan fingerprint density at radius 3 is 2.60 bits per heavy atom. The molecule has 0 aliphatic rings. The average molecular weight is 215 g/mol.